The van der Waals surface area contributed by atoms with Gasteiger partial charge in [0, 0.05) is 30.5 Å². The Bertz CT molecular complexity index is 740. The Hall–Kier alpha value is -2.83. The minimum absolute atomic E-state index is 0.0194. The lowest BCUT2D eigenvalue weighted by Crippen LogP contribution is -2.15. The van der Waals surface area contributed by atoms with Gasteiger partial charge in [0.15, 0.2) is 0 Å². The molecule has 1 aromatic carbocycles. The van der Waals surface area contributed by atoms with Crippen molar-refractivity contribution in [3.63, 3.8) is 0 Å². The fraction of sp³-hybridized carbons (Fsp3) is 0.312. The van der Waals surface area contributed by atoms with E-state index in [0.29, 0.717) is 11.4 Å². The largest absolute Gasteiger partial charge is 0.453 e. The monoisotopic (exact) mass is 314 g/mol. The van der Waals surface area contributed by atoms with E-state index in [1.165, 1.54) is 7.11 Å². The van der Waals surface area contributed by atoms with Gasteiger partial charge in [-0.1, -0.05) is 6.07 Å². The number of anilines is 2. The normalized spacial score (nSPS) is 19.0. The highest BCUT2D eigenvalue weighted by atomic mass is 16.5. The van der Waals surface area contributed by atoms with Gasteiger partial charge in [0.25, 0.3) is 0 Å². The molecule has 2 atom stereocenters. The number of carbonyl (C=O) groups excluding carboxylic acids is 2. The average molecular weight is 314 g/mol. The molecule has 2 N–H and O–H groups in total. The molecule has 0 aliphatic heterocycles. The predicted molar refractivity (Wildman–Crippen MR) is 85.2 cm³/mol. The number of hydrogen-bond donors (Lipinski definition) is 2. The third-order valence-electron chi connectivity index (χ3n) is 3.84. The molecule has 2 amide bonds. The van der Waals surface area contributed by atoms with Crippen LogP contribution < -0.4 is 10.6 Å². The molecule has 0 spiro atoms. The highest BCUT2D eigenvalue weighted by Gasteiger charge is 2.44. The molecule has 0 bridgehead atoms. The van der Waals surface area contributed by atoms with E-state index in [-0.39, 0.29) is 17.7 Å². The van der Waals surface area contributed by atoms with E-state index in [2.05, 4.69) is 20.5 Å². The fourth-order valence-corrected chi connectivity index (χ4v) is 2.56. The number of ether oxygens (including phenoxy) is 1. The van der Waals surface area contributed by atoms with Gasteiger partial charge in [0.05, 0.1) is 13.3 Å². The number of carbonyl (C=O) groups is 2. The molecule has 1 heterocycles. The van der Waals surface area contributed by atoms with E-state index in [0.717, 1.165) is 12.0 Å². The van der Waals surface area contributed by atoms with Crippen molar-refractivity contribution in [3.05, 3.63) is 42.2 Å². The van der Waals surface area contributed by atoms with Crippen LogP contribution in [0.3, 0.4) is 0 Å². The number of nitrogens with zero attached hydrogens (tertiary/aromatic N) is 2. The van der Waals surface area contributed by atoms with Crippen LogP contribution in [0.1, 0.15) is 17.9 Å². The van der Waals surface area contributed by atoms with E-state index in [1.807, 2.05) is 13.2 Å². The van der Waals surface area contributed by atoms with Gasteiger partial charge in [-0.3, -0.25) is 14.8 Å². The van der Waals surface area contributed by atoms with Crippen LogP contribution in [0.15, 0.2) is 36.7 Å². The van der Waals surface area contributed by atoms with E-state index in [4.69, 9.17) is 0 Å². The summed E-state index contributed by atoms with van der Waals surface area (Å²) in [5, 5.41) is 9.58. The zero-order chi connectivity index (χ0) is 16.4. The summed E-state index contributed by atoms with van der Waals surface area (Å²) in [4.78, 5) is 23.5. The standard InChI is InChI=1S/C16H18N4O3/c1-20-9-10(8-17-20)13-7-14(13)15(21)18-11-4-3-5-12(6-11)19-16(22)23-2/h3-6,8-9,13-14H,7H2,1-2H3,(H,18,21)(H,19,22)/t13-,14+/m0/s1. The van der Waals surface area contributed by atoms with Gasteiger partial charge in [-0.25, -0.2) is 4.79 Å². The quantitative estimate of drug-likeness (QED) is 0.907. The van der Waals surface area contributed by atoms with Crippen molar-refractivity contribution in [1.29, 1.82) is 0 Å². The van der Waals surface area contributed by atoms with E-state index in [1.54, 1.807) is 35.1 Å². The molecule has 1 aliphatic carbocycles. The van der Waals surface area contributed by atoms with Crippen molar-refractivity contribution in [3.8, 4) is 0 Å². The van der Waals surface area contributed by atoms with Crippen LogP contribution in [0.25, 0.3) is 0 Å². The molecule has 23 heavy (non-hydrogen) atoms. The Kier molecular flexibility index (Phi) is 4.01. The van der Waals surface area contributed by atoms with E-state index in [9.17, 15) is 9.59 Å². The molecule has 0 unspecified atom stereocenters. The van der Waals surface area contributed by atoms with Crippen LogP contribution in [0.5, 0.6) is 0 Å². The molecule has 0 radical (unpaired) electrons. The van der Waals surface area contributed by atoms with E-state index >= 15 is 0 Å². The Balaban J connectivity index is 1.60. The first-order valence-electron chi connectivity index (χ1n) is 7.31. The number of hydrogen-bond acceptors (Lipinski definition) is 4. The van der Waals surface area contributed by atoms with Crippen LogP contribution in [0, 0.1) is 5.92 Å². The SMILES string of the molecule is COC(=O)Nc1cccc(NC(=O)[C@@H]2C[C@H]2c2cnn(C)c2)c1. The fourth-order valence-electron chi connectivity index (χ4n) is 2.56. The molecule has 2 aromatic rings. The Morgan fingerprint density at radius 1 is 1.30 bits per heavy atom. The molecule has 1 aliphatic rings. The maximum absolute atomic E-state index is 12.3. The van der Waals surface area contributed by atoms with Crippen molar-refractivity contribution >= 4 is 23.4 Å². The highest BCUT2D eigenvalue weighted by Crippen LogP contribution is 2.47. The zero-order valence-electron chi connectivity index (χ0n) is 12.9. The maximum Gasteiger partial charge on any atom is 0.411 e. The summed E-state index contributed by atoms with van der Waals surface area (Å²) < 4.78 is 6.28. The second kappa shape index (κ2) is 6.12. The van der Waals surface area contributed by atoms with Crippen LogP contribution in [0.4, 0.5) is 16.2 Å². The third-order valence-corrected chi connectivity index (χ3v) is 3.84. The van der Waals surface area contributed by atoms with Crippen LogP contribution in [-0.2, 0) is 16.6 Å². The number of aromatic nitrogens is 2. The molecular weight excluding hydrogens is 296 g/mol. The summed E-state index contributed by atoms with van der Waals surface area (Å²) in [6.45, 7) is 0. The number of benzene rings is 1. The lowest BCUT2D eigenvalue weighted by molar-refractivity contribution is -0.117. The van der Waals surface area contributed by atoms with Gasteiger partial charge in [0.1, 0.15) is 0 Å². The molecule has 1 aromatic heterocycles. The van der Waals surface area contributed by atoms with Gasteiger partial charge in [0.2, 0.25) is 5.91 Å². The number of nitrogens with one attached hydrogen (secondary N) is 2. The van der Waals surface area contributed by atoms with Gasteiger partial charge in [-0.2, -0.15) is 5.10 Å². The lowest BCUT2D eigenvalue weighted by atomic mass is 10.2. The van der Waals surface area contributed by atoms with Crippen molar-refractivity contribution in [2.75, 3.05) is 17.7 Å². The van der Waals surface area contributed by atoms with Crippen molar-refractivity contribution in [1.82, 2.24) is 9.78 Å². The summed E-state index contributed by atoms with van der Waals surface area (Å²) in [5.74, 6) is 0.186. The number of aryl methyl sites for hydroxylation is 1. The van der Waals surface area contributed by atoms with Gasteiger partial charge < -0.3 is 10.1 Å². The van der Waals surface area contributed by atoms with Gasteiger partial charge in [-0.15, -0.1) is 0 Å². The molecular formula is C16H18N4O3. The summed E-state index contributed by atoms with van der Waals surface area (Å²) in [5.41, 5.74) is 2.30. The maximum atomic E-state index is 12.3. The molecule has 7 nitrogen and oxygen atoms in total. The minimum Gasteiger partial charge on any atom is -0.453 e. The smallest absolute Gasteiger partial charge is 0.411 e. The average Bonchev–Trinajstić information content (AvgIpc) is 3.22. The van der Waals surface area contributed by atoms with Gasteiger partial charge in [-0.05, 0) is 36.1 Å². The minimum atomic E-state index is -0.549. The van der Waals surface area contributed by atoms with Crippen molar-refractivity contribution < 1.29 is 14.3 Å². The van der Waals surface area contributed by atoms with Gasteiger partial charge >= 0.3 is 6.09 Å². The third kappa shape index (κ3) is 3.50. The van der Waals surface area contributed by atoms with Crippen LogP contribution in [-0.4, -0.2) is 28.9 Å². The summed E-state index contributed by atoms with van der Waals surface area (Å²) in [6.07, 6.45) is 4.03. The lowest BCUT2D eigenvalue weighted by Gasteiger charge is -2.08. The zero-order valence-corrected chi connectivity index (χ0v) is 12.9. The second-order valence-electron chi connectivity index (χ2n) is 5.58. The highest BCUT2D eigenvalue weighted by molar-refractivity contribution is 5.96. The Morgan fingerprint density at radius 2 is 2.04 bits per heavy atom. The first-order valence-corrected chi connectivity index (χ1v) is 7.31. The first-order chi connectivity index (χ1) is 11.1. The number of rotatable bonds is 4. The van der Waals surface area contributed by atoms with Crippen molar-refractivity contribution in [2.45, 2.75) is 12.3 Å². The molecule has 1 saturated carbocycles. The number of amides is 2. The van der Waals surface area contributed by atoms with Crippen LogP contribution >= 0.6 is 0 Å². The second-order valence-corrected chi connectivity index (χ2v) is 5.58. The first kappa shape index (κ1) is 15.1. The predicted octanol–water partition coefficient (Wildman–Crippen LogP) is 2.34. The number of methoxy groups -OCH3 is 1. The molecule has 7 heteroatoms. The van der Waals surface area contributed by atoms with Crippen molar-refractivity contribution in [2.24, 2.45) is 13.0 Å². The molecule has 0 saturated heterocycles. The van der Waals surface area contributed by atoms with E-state index < -0.39 is 6.09 Å². The van der Waals surface area contributed by atoms with Crippen LogP contribution in [0.2, 0.25) is 0 Å². The molecule has 3 rings (SSSR count). The topological polar surface area (TPSA) is 85.2 Å². The molecule has 120 valence electrons. The summed E-state index contributed by atoms with van der Waals surface area (Å²) in [7, 11) is 3.16. The summed E-state index contributed by atoms with van der Waals surface area (Å²) >= 11 is 0. The Morgan fingerprint density at radius 3 is 2.70 bits per heavy atom. The molecule has 1 fully saturated rings. The summed E-state index contributed by atoms with van der Waals surface area (Å²) in [6, 6.07) is 6.95. The Labute approximate surface area is 133 Å².